The monoisotopic (exact) mass is 206 g/mol. The zero-order valence-corrected chi connectivity index (χ0v) is 7.87. The van der Waals surface area contributed by atoms with E-state index in [1.165, 1.54) is 0 Å². The zero-order chi connectivity index (χ0) is 10.7. The first-order valence-electron chi connectivity index (χ1n) is 4.43. The lowest BCUT2D eigenvalue weighted by Crippen LogP contribution is -2.11. The molecule has 78 valence electrons. The molecule has 0 aliphatic rings. The van der Waals surface area contributed by atoms with Gasteiger partial charge in [-0.25, -0.2) is 0 Å². The number of nitrogens with zero attached hydrogens (tertiary/aromatic N) is 3. The summed E-state index contributed by atoms with van der Waals surface area (Å²) in [4.78, 5) is 7.89. The molecule has 3 N–H and O–H groups in total. The summed E-state index contributed by atoms with van der Waals surface area (Å²) in [6, 6.07) is 3.51. The largest absolute Gasteiger partial charge is 0.382 e. The van der Waals surface area contributed by atoms with E-state index >= 15 is 0 Å². The fraction of sp³-hybridized carbons (Fsp3) is 0.222. The van der Waals surface area contributed by atoms with Crippen LogP contribution in [-0.4, -0.2) is 26.8 Å². The Kier molecular flexibility index (Phi) is 2.70. The maximum Gasteiger partial charge on any atom is 0.257 e. The van der Waals surface area contributed by atoms with E-state index in [1.54, 1.807) is 24.5 Å². The predicted octanol–water partition coefficient (Wildman–Crippen LogP) is 0.124. The van der Waals surface area contributed by atoms with Gasteiger partial charge in [0.1, 0.15) is 6.10 Å². The fourth-order valence-corrected chi connectivity index (χ4v) is 1.09. The van der Waals surface area contributed by atoms with Crippen LogP contribution < -0.4 is 5.73 Å². The highest BCUT2D eigenvalue weighted by molar-refractivity contribution is 5.52. The fourth-order valence-electron chi connectivity index (χ4n) is 1.09. The molecule has 6 heteroatoms. The molecule has 6 nitrogen and oxygen atoms in total. The Balaban J connectivity index is 2.28. The van der Waals surface area contributed by atoms with Crippen LogP contribution in [0.3, 0.4) is 0 Å². The predicted molar refractivity (Wildman–Crippen MR) is 51.5 cm³/mol. The number of aliphatic hydroxyl groups is 1. The Labute approximate surface area is 85.8 Å². The summed E-state index contributed by atoms with van der Waals surface area (Å²) in [6.45, 7) is 0.0536. The Morgan fingerprint density at radius 2 is 2.13 bits per heavy atom. The van der Waals surface area contributed by atoms with Crippen molar-refractivity contribution in [3.05, 3.63) is 30.4 Å². The third-order valence-electron chi connectivity index (χ3n) is 1.89. The molecule has 0 aliphatic carbocycles. The second-order valence-electron chi connectivity index (χ2n) is 2.94. The van der Waals surface area contributed by atoms with E-state index in [4.69, 9.17) is 10.3 Å². The van der Waals surface area contributed by atoms with Gasteiger partial charge >= 0.3 is 0 Å². The summed E-state index contributed by atoms with van der Waals surface area (Å²) < 4.78 is 4.86. The molecule has 15 heavy (non-hydrogen) atoms. The molecule has 0 aliphatic heterocycles. The second kappa shape index (κ2) is 4.16. The van der Waals surface area contributed by atoms with Crippen molar-refractivity contribution in [1.29, 1.82) is 0 Å². The number of rotatable bonds is 3. The Hall–Kier alpha value is -1.79. The number of pyridine rings is 1. The molecule has 1 atom stereocenters. The number of hydrogen-bond donors (Lipinski definition) is 2. The summed E-state index contributed by atoms with van der Waals surface area (Å²) in [6.07, 6.45) is 2.35. The third-order valence-corrected chi connectivity index (χ3v) is 1.89. The third kappa shape index (κ3) is 2.00. The van der Waals surface area contributed by atoms with Crippen LogP contribution in [0.25, 0.3) is 11.4 Å². The normalized spacial score (nSPS) is 12.7. The standard InChI is InChI=1S/C9H10N4O2/c10-5-7(14)9-12-8(13-15-9)6-1-3-11-4-2-6/h1-4,7,14H,5,10H2. The van der Waals surface area contributed by atoms with Gasteiger partial charge in [-0.1, -0.05) is 5.16 Å². The molecule has 0 saturated carbocycles. The molecule has 0 fully saturated rings. The van der Waals surface area contributed by atoms with Gasteiger partial charge < -0.3 is 15.4 Å². The molecule has 2 heterocycles. The Bertz CT molecular complexity index is 429. The molecular weight excluding hydrogens is 196 g/mol. The van der Waals surface area contributed by atoms with Gasteiger partial charge in [0.05, 0.1) is 0 Å². The Morgan fingerprint density at radius 1 is 1.40 bits per heavy atom. The summed E-state index contributed by atoms with van der Waals surface area (Å²) in [5, 5.41) is 13.1. The molecule has 0 saturated heterocycles. The molecular formula is C9H10N4O2. The van der Waals surface area contributed by atoms with Gasteiger partial charge in [-0.3, -0.25) is 4.98 Å². The first-order valence-corrected chi connectivity index (χ1v) is 4.43. The van der Waals surface area contributed by atoms with E-state index in [1.807, 2.05) is 0 Å². The van der Waals surface area contributed by atoms with Gasteiger partial charge in [0.15, 0.2) is 0 Å². The average molecular weight is 206 g/mol. The van der Waals surface area contributed by atoms with Crippen molar-refractivity contribution in [2.75, 3.05) is 6.54 Å². The van der Waals surface area contributed by atoms with Crippen LogP contribution in [0.1, 0.15) is 12.0 Å². The minimum atomic E-state index is -0.909. The molecule has 0 aromatic carbocycles. The van der Waals surface area contributed by atoms with E-state index < -0.39 is 6.10 Å². The van der Waals surface area contributed by atoms with Crippen molar-refractivity contribution in [2.24, 2.45) is 5.73 Å². The molecule has 2 rings (SSSR count). The second-order valence-corrected chi connectivity index (χ2v) is 2.94. The van der Waals surface area contributed by atoms with Gasteiger partial charge in [-0.2, -0.15) is 4.98 Å². The molecule has 0 bridgehead atoms. The van der Waals surface area contributed by atoms with Gasteiger partial charge in [-0.05, 0) is 12.1 Å². The number of nitrogens with two attached hydrogens (primary N) is 1. The van der Waals surface area contributed by atoms with Crippen LogP contribution in [0.5, 0.6) is 0 Å². The maximum atomic E-state index is 9.36. The lowest BCUT2D eigenvalue weighted by Gasteiger charge is -1.97. The maximum absolute atomic E-state index is 9.36. The zero-order valence-electron chi connectivity index (χ0n) is 7.87. The highest BCUT2D eigenvalue weighted by atomic mass is 16.5. The van der Waals surface area contributed by atoms with Crippen molar-refractivity contribution >= 4 is 0 Å². The quantitative estimate of drug-likeness (QED) is 0.740. The number of hydrogen-bond acceptors (Lipinski definition) is 6. The Morgan fingerprint density at radius 3 is 2.80 bits per heavy atom. The van der Waals surface area contributed by atoms with Crippen molar-refractivity contribution in [1.82, 2.24) is 15.1 Å². The summed E-state index contributed by atoms with van der Waals surface area (Å²) in [5.74, 6) is 0.546. The van der Waals surface area contributed by atoms with E-state index in [0.717, 1.165) is 5.56 Å². The van der Waals surface area contributed by atoms with Crippen molar-refractivity contribution in [3.63, 3.8) is 0 Å². The molecule has 0 amide bonds. The SMILES string of the molecule is NCC(O)c1nc(-c2ccncc2)no1. The lowest BCUT2D eigenvalue weighted by atomic mass is 10.2. The van der Waals surface area contributed by atoms with E-state index in [0.29, 0.717) is 5.82 Å². The summed E-state index contributed by atoms with van der Waals surface area (Å²) in [5.41, 5.74) is 6.05. The first kappa shape index (κ1) is 9.75. The molecule has 0 radical (unpaired) electrons. The highest BCUT2D eigenvalue weighted by Crippen LogP contribution is 2.16. The minimum absolute atomic E-state index is 0.0536. The topological polar surface area (TPSA) is 98.1 Å². The van der Waals surface area contributed by atoms with Crippen molar-refractivity contribution in [3.8, 4) is 11.4 Å². The average Bonchev–Trinajstić information content (AvgIpc) is 2.78. The summed E-state index contributed by atoms with van der Waals surface area (Å²) >= 11 is 0. The summed E-state index contributed by atoms with van der Waals surface area (Å²) in [7, 11) is 0. The lowest BCUT2D eigenvalue weighted by molar-refractivity contribution is 0.141. The molecule has 0 spiro atoms. The van der Waals surface area contributed by atoms with Crippen LogP contribution in [0.4, 0.5) is 0 Å². The first-order chi connectivity index (χ1) is 7.31. The molecule has 2 aromatic rings. The van der Waals surface area contributed by atoms with Crippen molar-refractivity contribution in [2.45, 2.75) is 6.10 Å². The van der Waals surface area contributed by atoms with E-state index in [9.17, 15) is 5.11 Å². The van der Waals surface area contributed by atoms with Gasteiger partial charge in [0.2, 0.25) is 5.82 Å². The molecule has 1 unspecified atom stereocenters. The van der Waals surface area contributed by atoms with Crippen molar-refractivity contribution < 1.29 is 9.63 Å². The van der Waals surface area contributed by atoms with Gasteiger partial charge in [-0.15, -0.1) is 0 Å². The number of aliphatic hydroxyl groups excluding tert-OH is 1. The van der Waals surface area contributed by atoms with E-state index in [2.05, 4.69) is 15.1 Å². The molecule has 2 aromatic heterocycles. The number of aromatic nitrogens is 3. The van der Waals surface area contributed by atoms with Gasteiger partial charge in [0.25, 0.3) is 5.89 Å². The van der Waals surface area contributed by atoms with Crippen LogP contribution in [0.2, 0.25) is 0 Å². The van der Waals surface area contributed by atoms with Crippen LogP contribution >= 0.6 is 0 Å². The van der Waals surface area contributed by atoms with Gasteiger partial charge in [0, 0.05) is 24.5 Å². The van der Waals surface area contributed by atoms with Crippen LogP contribution in [0.15, 0.2) is 29.0 Å². The van der Waals surface area contributed by atoms with Crippen LogP contribution in [-0.2, 0) is 0 Å². The smallest absolute Gasteiger partial charge is 0.257 e. The van der Waals surface area contributed by atoms with E-state index in [-0.39, 0.29) is 12.4 Å². The van der Waals surface area contributed by atoms with Crippen LogP contribution in [0, 0.1) is 0 Å². The minimum Gasteiger partial charge on any atom is -0.382 e. The highest BCUT2D eigenvalue weighted by Gasteiger charge is 2.14.